The summed E-state index contributed by atoms with van der Waals surface area (Å²) in [6.07, 6.45) is 1.34. The van der Waals surface area contributed by atoms with Gasteiger partial charge in [0.2, 0.25) is 5.91 Å². The number of carbonyl (C=O) groups excluding carboxylic acids is 1. The van der Waals surface area contributed by atoms with E-state index in [1.54, 1.807) is 6.92 Å². The van der Waals surface area contributed by atoms with Gasteiger partial charge in [0.1, 0.15) is 23.0 Å². The van der Waals surface area contributed by atoms with Crippen molar-refractivity contribution >= 4 is 27.5 Å². The van der Waals surface area contributed by atoms with Crippen LogP contribution in [0.2, 0.25) is 0 Å². The minimum atomic E-state index is -0.734. The van der Waals surface area contributed by atoms with Gasteiger partial charge in [-0.25, -0.2) is 13.8 Å². The van der Waals surface area contributed by atoms with E-state index in [1.165, 1.54) is 28.3 Å². The lowest BCUT2D eigenvalue weighted by atomic mass is 10.1. The van der Waals surface area contributed by atoms with Gasteiger partial charge in [-0.2, -0.15) is 0 Å². The Hall–Kier alpha value is -2.61. The van der Waals surface area contributed by atoms with Crippen LogP contribution < -0.4 is 10.9 Å². The second-order valence-electron chi connectivity index (χ2n) is 6.10. The Balaban J connectivity index is 1.80. The zero-order valence-corrected chi connectivity index (χ0v) is 15.3. The van der Waals surface area contributed by atoms with E-state index in [0.29, 0.717) is 10.2 Å². The number of fused-ring (bicyclic) bond motifs is 1. The van der Waals surface area contributed by atoms with Crippen molar-refractivity contribution in [2.45, 2.75) is 33.4 Å². The largest absolute Gasteiger partial charge is 0.348 e. The fraction of sp³-hybridized carbons (Fsp3) is 0.278. The predicted molar refractivity (Wildman–Crippen MR) is 96.3 cm³/mol. The summed E-state index contributed by atoms with van der Waals surface area (Å²) in [5, 5.41) is 3.13. The fourth-order valence-electron chi connectivity index (χ4n) is 2.75. The van der Waals surface area contributed by atoms with E-state index in [4.69, 9.17) is 0 Å². The van der Waals surface area contributed by atoms with E-state index in [9.17, 15) is 18.4 Å². The Morgan fingerprint density at radius 3 is 2.77 bits per heavy atom. The lowest BCUT2D eigenvalue weighted by Crippen LogP contribution is -2.34. The van der Waals surface area contributed by atoms with Crippen molar-refractivity contribution in [1.82, 2.24) is 14.9 Å². The minimum absolute atomic E-state index is 0.171. The molecule has 0 saturated heterocycles. The number of hydrogen-bond donors (Lipinski definition) is 1. The second-order valence-corrected chi connectivity index (χ2v) is 7.30. The van der Waals surface area contributed by atoms with Gasteiger partial charge in [-0.3, -0.25) is 14.2 Å². The summed E-state index contributed by atoms with van der Waals surface area (Å²) >= 11 is 1.43. The molecule has 0 unspecified atom stereocenters. The van der Waals surface area contributed by atoms with E-state index in [-0.39, 0.29) is 17.7 Å². The molecule has 0 aliphatic carbocycles. The van der Waals surface area contributed by atoms with Crippen LogP contribution in [0.15, 0.2) is 29.3 Å². The molecule has 0 saturated carbocycles. The first-order valence-corrected chi connectivity index (χ1v) is 8.79. The Bertz CT molecular complexity index is 1060. The Morgan fingerprint density at radius 1 is 1.35 bits per heavy atom. The van der Waals surface area contributed by atoms with Gasteiger partial charge in [-0.05, 0) is 32.4 Å². The molecule has 8 heteroatoms. The molecule has 1 N–H and O–H groups in total. The van der Waals surface area contributed by atoms with E-state index in [2.05, 4.69) is 10.3 Å². The van der Waals surface area contributed by atoms with Crippen LogP contribution in [0, 0.1) is 25.5 Å². The van der Waals surface area contributed by atoms with Crippen LogP contribution in [0.25, 0.3) is 10.2 Å². The molecule has 2 aromatic heterocycles. The number of halogens is 2. The molecule has 26 heavy (non-hydrogen) atoms. The van der Waals surface area contributed by atoms with E-state index in [0.717, 1.165) is 22.6 Å². The molecule has 3 aromatic rings. The van der Waals surface area contributed by atoms with Crippen LogP contribution in [0.5, 0.6) is 0 Å². The molecule has 2 heterocycles. The molecule has 136 valence electrons. The van der Waals surface area contributed by atoms with E-state index < -0.39 is 23.6 Å². The zero-order valence-electron chi connectivity index (χ0n) is 14.5. The van der Waals surface area contributed by atoms with Crippen molar-refractivity contribution in [3.05, 3.63) is 62.5 Å². The van der Waals surface area contributed by atoms with Crippen molar-refractivity contribution in [3.63, 3.8) is 0 Å². The van der Waals surface area contributed by atoms with Crippen molar-refractivity contribution in [3.8, 4) is 0 Å². The summed E-state index contributed by atoms with van der Waals surface area (Å²) in [4.78, 5) is 30.7. The minimum Gasteiger partial charge on any atom is -0.348 e. The first-order valence-electron chi connectivity index (χ1n) is 7.97. The van der Waals surface area contributed by atoms with Crippen molar-refractivity contribution in [2.24, 2.45) is 0 Å². The van der Waals surface area contributed by atoms with Crippen LogP contribution in [-0.4, -0.2) is 15.5 Å². The average molecular weight is 377 g/mol. The number of nitrogens with one attached hydrogen (secondary N) is 1. The van der Waals surface area contributed by atoms with Crippen LogP contribution in [0.1, 0.15) is 29.0 Å². The first kappa shape index (κ1) is 18.2. The summed E-state index contributed by atoms with van der Waals surface area (Å²) in [5.41, 5.74) is 0.747. The molecule has 0 bridgehead atoms. The lowest BCUT2D eigenvalue weighted by molar-refractivity contribution is -0.122. The first-order chi connectivity index (χ1) is 12.3. The SMILES string of the molecule is Cc1sc2ncn(CC(=O)N[C@@H](C)c3ccc(F)cc3F)c(=O)c2c1C. The summed E-state index contributed by atoms with van der Waals surface area (Å²) in [5.74, 6) is -1.88. The summed E-state index contributed by atoms with van der Waals surface area (Å²) in [7, 11) is 0. The van der Waals surface area contributed by atoms with Gasteiger partial charge in [-0.15, -0.1) is 11.3 Å². The number of carbonyl (C=O) groups is 1. The molecular weight excluding hydrogens is 360 g/mol. The lowest BCUT2D eigenvalue weighted by Gasteiger charge is -2.15. The van der Waals surface area contributed by atoms with Crippen LogP contribution >= 0.6 is 11.3 Å². The topological polar surface area (TPSA) is 64.0 Å². The number of aryl methyl sites for hydroxylation is 2. The molecule has 1 amide bonds. The number of hydrogen-bond acceptors (Lipinski definition) is 4. The average Bonchev–Trinajstić information content (AvgIpc) is 2.85. The van der Waals surface area contributed by atoms with Gasteiger partial charge >= 0.3 is 0 Å². The molecule has 1 aromatic carbocycles. The van der Waals surface area contributed by atoms with Crippen molar-refractivity contribution in [1.29, 1.82) is 0 Å². The highest BCUT2D eigenvalue weighted by atomic mass is 32.1. The highest BCUT2D eigenvalue weighted by molar-refractivity contribution is 7.18. The van der Waals surface area contributed by atoms with Gasteiger partial charge in [0.05, 0.1) is 17.8 Å². The predicted octanol–water partition coefficient (Wildman–Crippen LogP) is 3.23. The second kappa shape index (κ2) is 6.95. The van der Waals surface area contributed by atoms with Gasteiger partial charge in [-0.1, -0.05) is 6.07 Å². The molecule has 0 aliphatic rings. The third kappa shape index (κ3) is 3.37. The summed E-state index contributed by atoms with van der Waals surface area (Å²) in [6, 6.07) is 2.51. The number of amides is 1. The molecule has 1 atom stereocenters. The number of nitrogens with zero attached hydrogens (tertiary/aromatic N) is 2. The van der Waals surface area contributed by atoms with Gasteiger partial charge in [0.25, 0.3) is 5.56 Å². The molecule has 0 aliphatic heterocycles. The zero-order chi connectivity index (χ0) is 19.0. The number of rotatable bonds is 4. The quantitative estimate of drug-likeness (QED) is 0.759. The smallest absolute Gasteiger partial charge is 0.262 e. The molecule has 0 spiro atoms. The summed E-state index contributed by atoms with van der Waals surface area (Å²) in [6.45, 7) is 5.12. The van der Waals surface area contributed by atoms with Gasteiger partial charge < -0.3 is 5.32 Å². The highest BCUT2D eigenvalue weighted by Gasteiger charge is 2.17. The Kier molecular flexibility index (Phi) is 4.86. The third-order valence-electron chi connectivity index (χ3n) is 4.28. The van der Waals surface area contributed by atoms with Crippen LogP contribution in [0.4, 0.5) is 8.78 Å². The molecule has 0 fully saturated rings. The summed E-state index contributed by atoms with van der Waals surface area (Å²) < 4.78 is 28.0. The van der Waals surface area contributed by atoms with Crippen LogP contribution in [0.3, 0.4) is 0 Å². The number of thiophene rings is 1. The molecule has 5 nitrogen and oxygen atoms in total. The fourth-order valence-corrected chi connectivity index (χ4v) is 3.74. The highest BCUT2D eigenvalue weighted by Crippen LogP contribution is 2.25. The number of benzene rings is 1. The third-order valence-corrected chi connectivity index (χ3v) is 5.39. The molecule has 0 radical (unpaired) electrons. The molecular formula is C18H17F2N3O2S. The Labute approximate surface area is 152 Å². The monoisotopic (exact) mass is 377 g/mol. The van der Waals surface area contributed by atoms with Crippen LogP contribution in [-0.2, 0) is 11.3 Å². The number of aromatic nitrogens is 2. The van der Waals surface area contributed by atoms with Crippen molar-refractivity contribution < 1.29 is 13.6 Å². The maximum Gasteiger partial charge on any atom is 0.262 e. The van der Waals surface area contributed by atoms with Crippen molar-refractivity contribution in [2.75, 3.05) is 0 Å². The van der Waals surface area contributed by atoms with E-state index in [1.807, 2.05) is 13.8 Å². The molecule has 3 rings (SSSR count). The standard InChI is InChI=1S/C18H17F2N3O2S/c1-9-11(3)26-17-16(9)18(25)23(8-21-17)7-15(24)22-10(2)13-5-4-12(19)6-14(13)20/h4-6,8,10H,7H2,1-3H3,(H,22,24)/t10-/m0/s1. The normalized spacial score (nSPS) is 12.3. The maximum atomic E-state index is 13.8. The maximum absolute atomic E-state index is 13.8. The Morgan fingerprint density at radius 2 is 2.08 bits per heavy atom. The van der Waals surface area contributed by atoms with Gasteiger partial charge in [0.15, 0.2) is 0 Å². The van der Waals surface area contributed by atoms with Gasteiger partial charge in [0, 0.05) is 16.5 Å². The van der Waals surface area contributed by atoms with E-state index >= 15 is 0 Å².